The molecule has 4 rings (SSSR count). The molecule has 0 spiro atoms. The van der Waals surface area contributed by atoms with Crippen LogP contribution in [0.4, 0.5) is 0 Å². The molecule has 1 saturated heterocycles. The smallest absolute Gasteiger partial charge is 0.124 e. The van der Waals surface area contributed by atoms with Crippen LogP contribution >= 0.6 is 45.3 Å². The third kappa shape index (κ3) is 7.10. The minimum atomic E-state index is 0. The SMILES string of the molecule is CCN(CC)Cc1cc(-c2cc(=S)ss2)cc(CN2CCN(Cc3ccccc3)CC2)c1O.Cl. The maximum Gasteiger partial charge on any atom is 0.124 e. The van der Waals surface area contributed by atoms with Crippen molar-refractivity contribution in [1.29, 1.82) is 0 Å². The van der Waals surface area contributed by atoms with E-state index in [-0.39, 0.29) is 12.4 Å². The first kappa shape index (κ1) is 27.3. The van der Waals surface area contributed by atoms with E-state index in [4.69, 9.17) is 12.2 Å². The first-order valence-corrected chi connectivity index (χ1v) is 14.3. The number of aromatic hydroxyl groups is 1. The van der Waals surface area contributed by atoms with Gasteiger partial charge in [-0.1, -0.05) is 77.1 Å². The first-order chi connectivity index (χ1) is 16.1. The van der Waals surface area contributed by atoms with E-state index in [0.717, 1.165) is 73.9 Å². The number of phenols is 1. The third-order valence-corrected chi connectivity index (χ3v) is 9.32. The Morgan fingerprint density at radius 1 is 0.882 bits per heavy atom. The van der Waals surface area contributed by atoms with Gasteiger partial charge in [0.25, 0.3) is 0 Å². The van der Waals surface area contributed by atoms with Gasteiger partial charge < -0.3 is 5.11 Å². The Hall–Kier alpha value is -1.32. The molecule has 1 N–H and O–H groups in total. The molecule has 0 bridgehead atoms. The predicted octanol–water partition coefficient (Wildman–Crippen LogP) is 6.49. The van der Waals surface area contributed by atoms with E-state index in [1.807, 2.05) is 0 Å². The lowest BCUT2D eigenvalue weighted by atomic mass is 10.0. The second kappa shape index (κ2) is 13.1. The highest BCUT2D eigenvalue weighted by molar-refractivity contribution is 7.80. The highest BCUT2D eigenvalue weighted by Gasteiger charge is 2.20. The van der Waals surface area contributed by atoms with Gasteiger partial charge in [-0.15, -0.1) is 12.4 Å². The molecule has 2 aromatic carbocycles. The number of piperazine rings is 1. The van der Waals surface area contributed by atoms with Gasteiger partial charge in [0.1, 0.15) is 9.57 Å². The maximum absolute atomic E-state index is 11.2. The molecule has 1 aromatic heterocycles. The zero-order valence-corrected chi connectivity index (χ0v) is 23.2. The van der Waals surface area contributed by atoms with E-state index >= 15 is 0 Å². The van der Waals surface area contributed by atoms with Gasteiger partial charge >= 0.3 is 0 Å². The van der Waals surface area contributed by atoms with E-state index in [0.29, 0.717) is 5.75 Å². The fourth-order valence-electron chi connectivity index (χ4n) is 4.39. The van der Waals surface area contributed by atoms with Gasteiger partial charge in [-0.3, -0.25) is 14.7 Å². The molecule has 1 fully saturated rings. The zero-order chi connectivity index (χ0) is 23.2. The fraction of sp³-hybridized carbons (Fsp3) is 0.423. The van der Waals surface area contributed by atoms with E-state index in [1.165, 1.54) is 16.0 Å². The summed E-state index contributed by atoms with van der Waals surface area (Å²) in [4.78, 5) is 8.53. The van der Waals surface area contributed by atoms with Crippen molar-refractivity contribution in [3.8, 4) is 16.2 Å². The molecule has 0 radical (unpaired) electrons. The molecule has 0 saturated carbocycles. The lowest BCUT2D eigenvalue weighted by molar-refractivity contribution is 0.121. The number of rotatable bonds is 9. The molecule has 34 heavy (non-hydrogen) atoms. The molecule has 3 aromatic rings. The zero-order valence-electron chi connectivity index (χ0n) is 19.9. The van der Waals surface area contributed by atoms with Gasteiger partial charge in [0, 0.05) is 61.8 Å². The highest BCUT2D eigenvalue weighted by atomic mass is 35.5. The molecule has 2 heterocycles. The summed E-state index contributed by atoms with van der Waals surface area (Å²) < 4.78 is 0.921. The van der Waals surface area contributed by atoms with Gasteiger partial charge in [0.2, 0.25) is 0 Å². The summed E-state index contributed by atoms with van der Waals surface area (Å²) in [5.41, 5.74) is 4.58. The highest BCUT2D eigenvalue weighted by Crippen LogP contribution is 2.36. The molecule has 1 aliphatic rings. The Bertz CT molecular complexity index is 1090. The summed E-state index contributed by atoms with van der Waals surface area (Å²) in [6, 6.07) is 17.1. The van der Waals surface area contributed by atoms with Gasteiger partial charge in [0.15, 0.2) is 0 Å². The lowest BCUT2D eigenvalue weighted by Crippen LogP contribution is -2.45. The monoisotopic (exact) mass is 535 g/mol. The number of hydrogen-bond donors (Lipinski definition) is 1. The van der Waals surface area contributed by atoms with E-state index < -0.39 is 0 Å². The van der Waals surface area contributed by atoms with Crippen molar-refractivity contribution >= 4 is 45.3 Å². The molecule has 1 aliphatic heterocycles. The molecule has 184 valence electrons. The maximum atomic E-state index is 11.2. The van der Waals surface area contributed by atoms with Crippen LogP contribution in [0.3, 0.4) is 0 Å². The van der Waals surface area contributed by atoms with Gasteiger partial charge in [-0.05, 0) is 42.4 Å². The minimum absolute atomic E-state index is 0. The van der Waals surface area contributed by atoms with Crippen LogP contribution < -0.4 is 0 Å². The number of hydrogen-bond acceptors (Lipinski definition) is 7. The Kier molecular flexibility index (Phi) is 10.5. The van der Waals surface area contributed by atoms with E-state index in [1.54, 1.807) is 20.7 Å². The molecule has 0 amide bonds. The Morgan fingerprint density at radius 2 is 1.50 bits per heavy atom. The van der Waals surface area contributed by atoms with Crippen LogP contribution in [0.15, 0.2) is 48.5 Å². The number of halogens is 1. The average Bonchev–Trinajstić information content (AvgIpc) is 3.27. The Labute approximate surface area is 222 Å². The quantitative estimate of drug-likeness (QED) is 0.250. The summed E-state index contributed by atoms with van der Waals surface area (Å²) in [6.45, 7) is 13.0. The lowest BCUT2D eigenvalue weighted by Gasteiger charge is -2.35. The van der Waals surface area contributed by atoms with Crippen molar-refractivity contribution < 1.29 is 5.11 Å². The van der Waals surface area contributed by atoms with Crippen molar-refractivity contribution in [1.82, 2.24) is 14.7 Å². The van der Waals surface area contributed by atoms with Crippen LogP contribution in [0.25, 0.3) is 10.4 Å². The van der Waals surface area contributed by atoms with Crippen LogP contribution in [0.1, 0.15) is 30.5 Å². The largest absolute Gasteiger partial charge is 0.507 e. The van der Waals surface area contributed by atoms with Crippen molar-refractivity contribution in [2.24, 2.45) is 0 Å². The first-order valence-electron chi connectivity index (χ1n) is 11.7. The normalized spacial score (nSPS) is 14.9. The topological polar surface area (TPSA) is 30.0 Å². The minimum Gasteiger partial charge on any atom is -0.507 e. The molecule has 0 unspecified atom stereocenters. The van der Waals surface area contributed by atoms with Gasteiger partial charge in [-0.2, -0.15) is 0 Å². The molecular weight excluding hydrogens is 502 g/mol. The van der Waals surface area contributed by atoms with Crippen LogP contribution in [-0.2, 0) is 19.6 Å². The van der Waals surface area contributed by atoms with E-state index in [2.05, 4.69) is 77.1 Å². The number of nitrogens with zero attached hydrogens (tertiary/aromatic N) is 3. The Balaban J connectivity index is 0.00000324. The van der Waals surface area contributed by atoms with Gasteiger partial charge in [-0.25, -0.2) is 0 Å². The predicted molar refractivity (Wildman–Crippen MR) is 151 cm³/mol. The van der Waals surface area contributed by atoms with Crippen molar-refractivity contribution in [2.45, 2.75) is 33.5 Å². The summed E-state index contributed by atoms with van der Waals surface area (Å²) in [5, 5.41) is 11.2. The number of phenolic OH excluding ortho intramolecular Hbond substituents is 1. The summed E-state index contributed by atoms with van der Waals surface area (Å²) in [6.07, 6.45) is 0. The molecule has 8 heteroatoms. The van der Waals surface area contributed by atoms with Gasteiger partial charge in [0.05, 0.1) is 0 Å². The Morgan fingerprint density at radius 3 is 2.09 bits per heavy atom. The van der Waals surface area contributed by atoms with E-state index in [9.17, 15) is 5.11 Å². The summed E-state index contributed by atoms with van der Waals surface area (Å²) >= 11 is 5.38. The second-order valence-electron chi connectivity index (χ2n) is 8.64. The van der Waals surface area contributed by atoms with Crippen LogP contribution in [-0.4, -0.2) is 59.1 Å². The average molecular weight is 536 g/mol. The summed E-state index contributed by atoms with van der Waals surface area (Å²) in [7, 11) is 3.37. The van der Waals surface area contributed by atoms with Crippen LogP contribution in [0, 0.1) is 3.82 Å². The van der Waals surface area contributed by atoms with Crippen LogP contribution in [0.5, 0.6) is 5.75 Å². The standard InChI is InChI=1S/C26H33N3OS3.ClH/c1-3-27(4-2)18-22-14-21(24-16-25(31)33-32-24)15-23(26(22)30)19-29-12-10-28(11-13-29)17-20-8-6-5-7-9-20;/h5-9,14-16,30H,3-4,10-13,17-19H2,1-2H3;1H. The summed E-state index contributed by atoms with van der Waals surface area (Å²) in [5.74, 6) is 0.455. The van der Waals surface area contributed by atoms with Crippen LogP contribution in [0.2, 0.25) is 0 Å². The fourth-order valence-corrected chi connectivity index (χ4v) is 6.78. The molecule has 0 aliphatic carbocycles. The van der Waals surface area contributed by atoms with Crippen molar-refractivity contribution in [3.63, 3.8) is 0 Å². The molecular formula is C26H34ClN3OS3. The van der Waals surface area contributed by atoms with Crippen molar-refractivity contribution in [3.05, 3.63) is 69.0 Å². The van der Waals surface area contributed by atoms with Crippen molar-refractivity contribution in [2.75, 3.05) is 39.3 Å². The molecule has 0 atom stereocenters. The second-order valence-corrected chi connectivity index (χ2v) is 11.5. The molecule has 4 nitrogen and oxygen atoms in total. The third-order valence-electron chi connectivity index (χ3n) is 6.41. The number of benzene rings is 2.